The number of rotatable bonds is 4. The van der Waals surface area contributed by atoms with Crippen LogP contribution in [0, 0.1) is 0 Å². The molecule has 0 bridgehead atoms. The van der Waals surface area contributed by atoms with Gasteiger partial charge in [-0.3, -0.25) is 4.90 Å². The average Bonchev–Trinajstić information content (AvgIpc) is 2.18. The van der Waals surface area contributed by atoms with Crippen LogP contribution < -0.4 is 0 Å². The van der Waals surface area contributed by atoms with Crippen LogP contribution >= 0.6 is 11.6 Å². The van der Waals surface area contributed by atoms with Crippen molar-refractivity contribution in [2.75, 3.05) is 39.3 Å². The Bertz CT molecular complexity index is 146. The molecule has 2 unspecified atom stereocenters. The molecule has 13 heavy (non-hydrogen) atoms. The first-order valence-corrected chi connectivity index (χ1v) is 5.22. The maximum absolute atomic E-state index is 5.84. The summed E-state index contributed by atoms with van der Waals surface area (Å²) in [5.74, 6) is 0.635. The fourth-order valence-corrected chi connectivity index (χ4v) is 1.76. The predicted octanol–water partition coefficient (Wildman–Crippen LogP) is 0.961. The fraction of sp³-hybridized carbons (Fsp3) is 1.00. The molecule has 0 aromatic carbocycles. The second kappa shape index (κ2) is 5.81. The lowest BCUT2D eigenvalue weighted by molar-refractivity contribution is -0.0231. The van der Waals surface area contributed by atoms with Gasteiger partial charge in [0.25, 0.3) is 0 Å². The lowest BCUT2D eigenvalue weighted by Crippen LogP contribution is -2.49. The van der Waals surface area contributed by atoms with Crippen molar-refractivity contribution in [2.45, 2.75) is 19.1 Å². The summed E-state index contributed by atoms with van der Waals surface area (Å²) in [6.45, 7) is 5.53. The Hall–Kier alpha value is 0.170. The third-order valence-electron chi connectivity index (χ3n) is 2.42. The first kappa shape index (κ1) is 11.2. The van der Waals surface area contributed by atoms with Gasteiger partial charge in [-0.05, 0) is 6.92 Å². The van der Waals surface area contributed by atoms with E-state index in [9.17, 15) is 0 Å². The third kappa shape index (κ3) is 3.43. The monoisotopic (exact) mass is 207 g/mol. The Labute approximate surface area is 84.9 Å². The molecular formula is C9H18ClNO2. The van der Waals surface area contributed by atoms with Gasteiger partial charge in [-0.1, -0.05) is 0 Å². The zero-order valence-electron chi connectivity index (χ0n) is 8.33. The van der Waals surface area contributed by atoms with Crippen molar-refractivity contribution in [1.82, 2.24) is 4.90 Å². The maximum Gasteiger partial charge on any atom is 0.0670 e. The first-order chi connectivity index (χ1) is 6.27. The van der Waals surface area contributed by atoms with Crippen LogP contribution in [0.15, 0.2) is 0 Å². The molecule has 78 valence electrons. The van der Waals surface area contributed by atoms with Gasteiger partial charge in [-0.2, -0.15) is 0 Å². The summed E-state index contributed by atoms with van der Waals surface area (Å²) in [6, 6.07) is 0.355. The highest BCUT2D eigenvalue weighted by atomic mass is 35.5. The number of hydrogen-bond acceptors (Lipinski definition) is 3. The van der Waals surface area contributed by atoms with Gasteiger partial charge in [0.2, 0.25) is 0 Å². The second-order valence-corrected chi connectivity index (χ2v) is 3.73. The molecule has 4 heteroatoms. The van der Waals surface area contributed by atoms with Crippen molar-refractivity contribution in [3.8, 4) is 0 Å². The summed E-state index contributed by atoms with van der Waals surface area (Å²) >= 11 is 5.84. The van der Waals surface area contributed by atoms with E-state index in [2.05, 4.69) is 11.8 Å². The summed E-state index contributed by atoms with van der Waals surface area (Å²) < 4.78 is 10.6. The molecule has 2 atom stereocenters. The molecule has 0 saturated carbocycles. The quantitative estimate of drug-likeness (QED) is 0.642. The van der Waals surface area contributed by atoms with Crippen molar-refractivity contribution in [2.24, 2.45) is 0 Å². The number of morpholine rings is 1. The van der Waals surface area contributed by atoms with Gasteiger partial charge in [0.1, 0.15) is 0 Å². The Balaban J connectivity index is 2.35. The summed E-state index contributed by atoms with van der Waals surface area (Å²) in [6.07, 6.45) is 0.267. The first-order valence-electron chi connectivity index (χ1n) is 4.68. The van der Waals surface area contributed by atoms with Crippen LogP contribution in [0.1, 0.15) is 6.92 Å². The van der Waals surface area contributed by atoms with E-state index in [0.29, 0.717) is 11.9 Å². The Morgan fingerprint density at radius 1 is 1.69 bits per heavy atom. The minimum absolute atomic E-state index is 0.267. The van der Waals surface area contributed by atoms with E-state index in [0.717, 1.165) is 26.3 Å². The number of nitrogens with zero attached hydrogens (tertiary/aromatic N) is 1. The highest BCUT2D eigenvalue weighted by Gasteiger charge is 2.23. The van der Waals surface area contributed by atoms with Gasteiger partial charge < -0.3 is 9.47 Å². The van der Waals surface area contributed by atoms with Crippen LogP contribution in [0.3, 0.4) is 0 Å². The highest BCUT2D eigenvalue weighted by Crippen LogP contribution is 2.09. The van der Waals surface area contributed by atoms with Gasteiger partial charge in [0, 0.05) is 32.1 Å². The molecule has 1 fully saturated rings. The number of alkyl halides is 1. The van der Waals surface area contributed by atoms with Gasteiger partial charge in [-0.25, -0.2) is 0 Å². The molecule has 1 aliphatic heterocycles. The van der Waals surface area contributed by atoms with E-state index in [1.54, 1.807) is 7.11 Å². The maximum atomic E-state index is 5.84. The minimum Gasteiger partial charge on any atom is -0.380 e. The molecule has 0 amide bonds. The average molecular weight is 208 g/mol. The van der Waals surface area contributed by atoms with E-state index >= 15 is 0 Å². The minimum atomic E-state index is 0.267. The molecule has 0 aliphatic carbocycles. The molecule has 1 rings (SSSR count). The van der Waals surface area contributed by atoms with Gasteiger partial charge >= 0.3 is 0 Å². The van der Waals surface area contributed by atoms with Crippen LogP contribution in [0.4, 0.5) is 0 Å². The Kier molecular flexibility index (Phi) is 5.02. The number of methoxy groups -OCH3 is 1. The SMILES string of the molecule is COC(C)CN1CCOCC1CCl. The number of halogens is 1. The largest absolute Gasteiger partial charge is 0.380 e. The molecule has 0 spiro atoms. The lowest BCUT2D eigenvalue weighted by Gasteiger charge is -2.35. The molecule has 1 aliphatic rings. The number of hydrogen-bond donors (Lipinski definition) is 0. The molecule has 1 saturated heterocycles. The number of ether oxygens (including phenoxy) is 2. The summed E-state index contributed by atoms with van der Waals surface area (Å²) in [5, 5.41) is 0. The van der Waals surface area contributed by atoms with Crippen molar-refractivity contribution in [3.63, 3.8) is 0 Å². The van der Waals surface area contributed by atoms with Crippen molar-refractivity contribution in [3.05, 3.63) is 0 Å². The van der Waals surface area contributed by atoms with E-state index < -0.39 is 0 Å². The smallest absolute Gasteiger partial charge is 0.0670 e. The van der Waals surface area contributed by atoms with Gasteiger partial charge in [-0.15, -0.1) is 11.6 Å². The zero-order chi connectivity index (χ0) is 9.68. The molecule has 0 radical (unpaired) electrons. The Morgan fingerprint density at radius 2 is 2.46 bits per heavy atom. The molecule has 3 nitrogen and oxygen atoms in total. The second-order valence-electron chi connectivity index (χ2n) is 3.42. The normalized spacial score (nSPS) is 27.5. The van der Waals surface area contributed by atoms with Crippen molar-refractivity contribution >= 4 is 11.6 Å². The topological polar surface area (TPSA) is 21.7 Å². The molecule has 1 heterocycles. The zero-order valence-corrected chi connectivity index (χ0v) is 9.09. The van der Waals surface area contributed by atoms with E-state index in [1.807, 2.05) is 0 Å². The fourth-order valence-electron chi connectivity index (χ4n) is 1.48. The van der Waals surface area contributed by atoms with E-state index in [4.69, 9.17) is 21.1 Å². The van der Waals surface area contributed by atoms with Crippen molar-refractivity contribution < 1.29 is 9.47 Å². The molecule has 0 aromatic rings. The van der Waals surface area contributed by atoms with E-state index in [-0.39, 0.29) is 6.10 Å². The third-order valence-corrected chi connectivity index (χ3v) is 2.78. The van der Waals surface area contributed by atoms with Gasteiger partial charge in [0.15, 0.2) is 0 Å². The Morgan fingerprint density at radius 3 is 3.08 bits per heavy atom. The summed E-state index contributed by atoms with van der Waals surface area (Å²) in [5.41, 5.74) is 0. The molecular weight excluding hydrogens is 190 g/mol. The van der Waals surface area contributed by atoms with E-state index in [1.165, 1.54) is 0 Å². The molecule has 0 aromatic heterocycles. The van der Waals surface area contributed by atoms with Crippen molar-refractivity contribution in [1.29, 1.82) is 0 Å². The summed E-state index contributed by atoms with van der Waals surface area (Å²) in [7, 11) is 1.74. The van der Waals surface area contributed by atoms with Crippen LogP contribution in [-0.2, 0) is 9.47 Å². The molecule has 0 N–H and O–H groups in total. The summed E-state index contributed by atoms with van der Waals surface area (Å²) in [4.78, 5) is 2.34. The standard InChI is InChI=1S/C9H18ClNO2/c1-8(12-2)6-11-3-4-13-7-9(11)5-10/h8-9H,3-7H2,1-2H3. The van der Waals surface area contributed by atoms with Crippen LogP contribution in [0.25, 0.3) is 0 Å². The van der Waals surface area contributed by atoms with Crippen LogP contribution in [0.5, 0.6) is 0 Å². The van der Waals surface area contributed by atoms with Crippen LogP contribution in [-0.4, -0.2) is 56.3 Å². The lowest BCUT2D eigenvalue weighted by atomic mass is 10.2. The van der Waals surface area contributed by atoms with Gasteiger partial charge in [0.05, 0.1) is 19.3 Å². The predicted molar refractivity (Wildman–Crippen MR) is 53.4 cm³/mol. The highest BCUT2D eigenvalue weighted by molar-refractivity contribution is 6.18. The van der Waals surface area contributed by atoms with Crippen LogP contribution in [0.2, 0.25) is 0 Å².